The number of rotatable bonds is 2. The van der Waals surface area contributed by atoms with E-state index in [-0.39, 0.29) is 0 Å². The molecular formula is C13H22O. The predicted octanol–water partition coefficient (Wildman–Crippen LogP) is 3.14. The summed E-state index contributed by atoms with van der Waals surface area (Å²) in [5, 5.41) is 9.05. The third kappa shape index (κ3) is 2.03. The summed E-state index contributed by atoms with van der Waals surface area (Å²) in [4.78, 5) is 0. The third-order valence-electron chi connectivity index (χ3n) is 4.12. The summed E-state index contributed by atoms with van der Waals surface area (Å²) in [7, 11) is 0. The highest BCUT2D eigenvalue weighted by Gasteiger charge is 2.32. The molecule has 3 unspecified atom stereocenters. The Morgan fingerprint density at radius 1 is 1.36 bits per heavy atom. The van der Waals surface area contributed by atoms with Crippen LogP contribution in [0, 0.1) is 17.8 Å². The number of allylic oxidation sites excluding steroid dienone is 2. The van der Waals surface area contributed by atoms with Gasteiger partial charge in [-0.3, -0.25) is 0 Å². The van der Waals surface area contributed by atoms with Gasteiger partial charge in [0.2, 0.25) is 0 Å². The molecule has 1 heteroatoms. The van der Waals surface area contributed by atoms with Crippen LogP contribution in [-0.4, -0.2) is 11.7 Å². The molecule has 0 aliphatic heterocycles. The van der Waals surface area contributed by atoms with Crippen molar-refractivity contribution in [1.82, 2.24) is 0 Å². The third-order valence-corrected chi connectivity index (χ3v) is 4.12. The maximum atomic E-state index is 9.05. The molecule has 1 N–H and O–H groups in total. The Bertz CT molecular complexity index is 217. The molecule has 0 spiro atoms. The monoisotopic (exact) mass is 194 g/mol. The molecule has 1 saturated carbocycles. The van der Waals surface area contributed by atoms with E-state index in [9.17, 15) is 0 Å². The molecule has 0 radical (unpaired) electrons. The first-order valence-corrected chi connectivity index (χ1v) is 6.09. The lowest BCUT2D eigenvalue weighted by molar-refractivity contribution is 0.140. The van der Waals surface area contributed by atoms with E-state index in [1.54, 1.807) is 5.57 Å². The minimum absolute atomic E-state index is 0.376. The standard InChI is InChI=1S/C13H22O/c1-10-5-6-11-3-2-4-12(7-8-14)13(11)9-10/h9,11-14H,2-8H2,1H3. The first-order chi connectivity index (χ1) is 6.81. The van der Waals surface area contributed by atoms with Gasteiger partial charge in [-0.25, -0.2) is 0 Å². The van der Waals surface area contributed by atoms with Gasteiger partial charge in [0.05, 0.1) is 0 Å². The highest BCUT2D eigenvalue weighted by atomic mass is 16.3. The quantitative estimate of drug-likeness (QED) is 0.670. The normalized spacial score (nSPS) is 37.6. The number of fused-ring (bicyclic) bond motifs is 1. The Morgan fingerprint density at radius 3 is 3.00 bits per heavy atom. The van der Waals surface area contributed by atoms with E-state index in [2.05, 4.69) is 13.0 Å². The molecule has 2 aliphatic carbocycles. The Hall–Kier alpha value is -0.300. The molecule has 14 heavy (non-hydrogen) atoms. The summed E-state index contributed by atoms with van der Waals surface area (Å²) < 4.78 is 0. The van der Waals surface area contributed by atoms with Crippen LogP contribution >= 0.6 is 0 Å². The summed E-state index contributed by atoms with van der Waals surface area (Å²) in [5.41, 5.74) is 1.58. The van der Waals surface area contributed by atoms with Crippen LogP contribution in [0.1, 0.15) is 45.4 Å². The molecule has 0 saturated heterocycles. The topological polar surface area (TPSA) is 20.2 Å². The van der Waals surface area contributed by atoms with Crippen LogP contribution < -0.4 is 0 Å². The van der Waals surface area contributed by atoms with Crippen molar-refractivity contribution in [3.05, 3.63) is 11.6 Å². The highest BCUT2D eigenvalue weighted by Crippen LogP contribution is 2.43. The average Bonchev–Trinajstić information content (AvgIpc) is 2.19. The van der Waals surface area contributed by atoms with Crippen molar-refractivity contribution in [2.45, 2.75) is 45.4 Å². The molecule has 0 amide bonds. The van der Waals surface area contributed by atoms with Crippen LogP contribution in [0.5, 0.6) is 0 Å². The zero-order valence-electron chi connectivity index (χ0n) is 9.21. The number of aliphatic hydroxyl groups excluding tert-OH is 1. The number of aliphatic hydroxyl groups is 1. The second kappa shape index (κ2) is 4.48. The summed E-state index contributed by atoms with van der Waals surface area (Å²) >= 11 is 0. The van der Waals surface area contributed by atoms with Crippen molar-refractivity contribution >= 4 is 0 Å². The van der Waals surface area contributed by atoms with Crippen molar-refractivity contribution in [1.29, 1.82) is 0 Å². The molecular weight excluding hydrogens is 172 g/mol. The fraction of sp³-hybridized carbons (Fsp3) is 0.846. The van der Waals surface area contributed by atoms with Gasteiger partial charge >= 0.3 is 0 Å². The molecule has 2 aliphatic rings. The predicted molar refractivity (Wildman–Crippen MR) is 59.0 cm³/mol. The van der Waals surface area contributed by atoms with E-state index in [0.717, 1.165) is 24.2 Å². The Morgan fingerprint density at radius 2 is 2.21 bits per heavy atom. The van der Waals surface area contributed by atoms with Crippen LogP contribution in [-0.2, 0) is 0 Å². The van der Waals surface area contributed by atoms with Crippen LogP contribution in [0.3, 0.4) is 0 Å². The van der Waals surface area contributed by atoms with Crippen molar-refractivity contribution in [2.24, 2.45) is 17.8 Å². The molecule has 2 rings (SSSR count). The molecule has 3 atom stereocenters. The Kier molecular flexibility index (Phi) is 3.27. The van der Waals surface area contributed by atoms with Crippen molar-refractivity contribution in [3.63, 3.8) is 0 Å². The van der Waals surface area contributed by atoms with Crippen LogP contribution in [0.4, 0.5) is 0 Å². The molecule has 0 bridgehead atoms. The lowest BCUT2D eigenvalue weighted by atomic mass is 9.66. The molecule has 1 nitrogen and oxygen atoms in total. The van der Waals surface area contributed by atoms with Gasteiger partial charge in [-0.05, 0) is 56.8 Å². The second-order valence-corrected chi connectivity index (χ2v) is 5.09. The molecule has 0 heterocycles. The van der Waals surface area contributed by atoms with E-state index < -0.39 is 0 Å². The zero-order valence-corrected chi connectivity index (χ0v) is 9.21. The first-order valence-electron chi connectivity index (χ1n) is 6.09. The van der Waals surface area contributed by atoms with Gasteiger partial charge in [-0.2, -0.15) is 0 Å². The largest absolute Gasteiger partial charge is 0.396 e. The van der Waals surface area contributed by atoms with E-state index in [1.165, 1.54) is 32.1 Å². The number of hydrogen-bond donors (Lipinski definition) is 1. The number of hydrogen-bond acceptors (Lipinski definition) is 1. The Balaban J connectivity index is 2.07. The zero-order chi connectivity index (χ0) is 9.97. The van der Waals surface area contributed by atoms with E-state index in [1.807, 2.05) is 0 Å². The molecule has 0 aromatic heterocycles. The second-order valence-electron chi connectivity index (χ2n) is 5.09. The van der Waals surface area contributed by atoms with E-state index >= 15 is 0 Å². The smallest absolute Gasteiger partial charge is 0.0433 e. The van der Waals surface area contributed by atoms with Crippen molar-refractivity contribution in [2.75, 3.05) is 6.61 Å². The lowest BCUT2D eigenvalue weighted by Crippen LogP contribution is -2.30. The maximum Gasteiger partial charge on any atom is 0.0433 e. The molecule has 0 aromatic rings. The van der Waals surface area contributed by atoms with E-state index in [0.29, 0.717) is 6.61 Å². The summed E-state index contributed by atoms with van der Waals surface area (Å²) in [6.07, 6.45) is 10.4. The summed E-state index contributed by atoms with van der Waals surface area (Å²) in [6, 6.07) is 0. The average molecular weight is 194 g/mol. The Labute approximate surface area is 87.2 Å². The van der Waals surface area contributed by atoms with Gasteiger partial charge < -0.3 is 5.11 Å². The van der Waals surface area contributed by atoms with Gasteiger partial charge in [-0.1, -0.05) is 18.1 Å². The van der Waals surface area contributed by atoms with Crippen molar-refractivity contribution in [3.8, 4) is 0 Å². The molecule has 0 aromatic carbocycles. The molecule has 80 valence electrons. The fourth-order valence-electron chi connectivity index (χ4n) is 3.35. The molecule has 1 fully saturated rings. The van der Waals surface area contributed by atoms with Crippen LogP contribution in [0.15, 0.2) is 11.6 Å². The highest BCUT2D eigenvalue weighted by molar-refractivity contribution is 5.09. The van der Waals surface area contributed by atoms with Gasteiger partial charge in [0.15, 0.2) is 0 Å². The van der Waals surface area contributed by atoms with Gasteiger partial charge in [-0.15, -0.1) is 0 Å². The van der Waals surface area contributed by atoms with Gasteiger partial charge in [0.1, 0.15) is 0 Å². The minimum Gasteiger partial charge on any atom is -0.396 e. The van der Waals surface area contributed by atoms with E-state index in [4.69, 9.17) is 5.11 Å². The maximum absolute atomic E-state index is 9.05. The van der Waals surface area contributed by atoms with Gasteiger partial charge in [0, 0.05) is 6.61 Å². The minimum atomic E-state index is 0.376. The SMILES string of the molecule is CC1=CC2C(CCO)CCCC2CC1. The first kappa shape index (κ1) is 10.2. The van der Waals surface area contributed by atoms with Crippen LogP contribution in [0.25, 0.3) is 0 Å². The fourth-order valence-corrected chi connectivity index (χ4v) is 3.35. The van der Waals surface area contributed by atoms with Gasteiger partial charge in [0.25, 0.3) is 0 Å². The van der Waals surface area contributed by atoms with Crippen molar-refractivity contribution < 1.29 is 5.11 Å². The summed E-state index contributed by atoms with van der Waals surface area (Å²) in [5.74, 6) is 2.50. The lowest BCUT2D eigenvalue weighted by Gasteiger charge is -2.39. The van der Waals surface area contributed by atoms with Crippen LogP contribution in [0.2, 0.25) is 0 Å². The summed E-state index contributed by atoms with van der Waals surface area (Å²) in [6.45, 7) is 2.64.